The van der Waals surface area contributed by atoms with E-state index in [2.05, 4.69) is 10.6 Å². The maximum atomic E-state index is 5.76. The van der Waals surface area contributed by atoms with Crippen LogP contribution in [0.2, 0.25) is 0 Å². The molecule has 16 heavy (non-hydrogen) atoms. The van der Waals surface area contributed by atoms with E-state index >= 15 is 0 Å². The molecule has 0 aromatic rings. The fourth-order valence-electron chi connectivity index (χ4n) is 1.33. The average Bonchev–Trinajstić information content (AvgIpc) is 2.27. The van der Waals surface area contributed by atoms with Crippen LogP contribution in [-0.2, 0) is 4.74 Å². The summed E-state index contributed by atoms with van der Waals surface area (Å²) in [6, 6.07) is 0. The van der Waals surface area contributed by atoms with Crippen LogP contribution in [-0.4, -0.2) is 32.5 Å². The summed E-state index contributed by atoms with van der Waals surface area (Å²) >= 11 is 0. The van der Waals surface area contributed by atoms with Crippen LogP contribution < -0.4 is 22.1 Å². The van der Waals surface area contributed by atoms with Crippen molar-refractivity contribution in [3.63, 3.8) is 0 Å². The maximum absolute atomic E-state index is 5.76. The minimum Gasteiger partial charge on any atom is -0.405 e. The Bertz CT molecular complexity index is 228. The number of allylic oxidation sites excluding steroid dienone is 2. The SMILES string of the molecule is CCOC(C)C(NC)NC/C(N)=C/C=C\N. The molecule has 0 radical (unpaired) electrons. The second-order valence-corrected chi connectivity index (χ2v) is 3.43. The number of likely N-dealkylation sites (N-methyl/N-ethyl adjacent to an activating group) is 1. The average molecular weight is 228 g/mol. The van der Waals surface area contributed by atoms with Crippen molar-refractivity contribution in [2.45, 2.75) is 26.1 Å². The van der Waals surface area contributed by atoms with Crippen molar-refractivity contribution in [3.8, 4) is 0 Å². The third kappa shape index (κ3) is 6.44. The highest BCUT2D eigenvalue weighted by Crippen LogP contribution is 1.96. The van der Waals surface area contributed by atoms with E-state index in [0.29, 0.717) is 13.2 Å². The molecule has 2 atom stereocenters. The van der Waals surface area contributed by atoms with Crippen molar-refractivity contribution >= 4 is 0 Å². The summed E-state index contributed by atoms with van der Waals surface area (Å²) < 4.78 is 5.49. The van der Waals surface area contributed by atoms with E-state index in [9.17, 15) is 0 Å². The number of ether oxygens (including phenoxy) is 1. The Morgan fingerprint density at radius 1 is 1.50 bits per heavy atom. The molecule has 0 saturated carbocycles. The highest BCUT2D eigenvalue weighted by Gasteiger charge is 2.14. The first-order chi connectivity index (χ1) is 7.65. The van der Waals surface area contributed by atoms with Crippen molar-refractivity contribution in [1.82, 2.24) is 10.6 Å². The van der Waals surface area contributed by atoms with E-state index in [1.807, 2.05) is 20.9 Å². The van der Waals surface area contributed by atoms with Crippen molar-refractivity contribution in [3.05, 3.63) is 24.0 Å². The molecule has 0 aromatic heterocycles. The number of hydrogen-bond donors (Lipinski definition) is 4. The number of nitrogens with one attached hydrogen (secondary N) is 2. The fraction of sp³-hybridized carbons (Fsp3) is 0.636. The number of rotatable bonds is 8. The largest absolute Gasteiger partial charge is 0.405 e. The molecule has 5 nitrogen and oxygen atoms in total. The Morgan fingerprint density at radius 3 is 2.69 bits per heavy atom. The van der Waals surface area contributed by atoms with Gasteiger partial charge in [0.25, 0.3) is 0 Å². The quantitative estimate of drug-likeness (QED) is 0.343. The smallest absolute Gasteiger partial charge is 0.0840 e. The molecule has 0 rings (SSSR count). The molecular formula is C11H24N4O. The molecule has 0 fully saturated rings. The Morgan fingerprint density at radius 2 is 2.19 bits per heavy atom. The molecule has 0 heterocycles. The molecule has 0 aliphatic heterocycles. The van der Waals surface area contributed by atoms with Crippen LogP contribution >= 0.6 is 0 Å². The lowest BCUT2D eigenvalue weighted by molar-refractivity contribution is 0.0410. The van der Waals surface area contributed by atoms with Crippen LogP contribution in [0.25, 0.3) is 0 Å². The lowest BCUT2D eigenvalue weighted by atomic mass is 10.3. The summed E-state index contributed by atoms with van der Waals surface area (Å²) in [6.07, 6.45) is 5.09. The van der Waals surface area contributed by atoms with Gasteiger partial charge in [-0.2, -0.15) is 0 Å². The van der Waals surface area contributed by atoms with Gasteiger partial charge in [-0.15, -0.1) is 0 Å². The van der Waals surface area contributed by atoms with Crippen LogP contribution in [0.5, 0.6) is 0 Å². The van der Waals surface area contributed by atoms with E-state index in [-0.39, 0.29) is 12.3 Å². The molecule has 0 spiro atoms. The third-order valence-electron chi connectivity index (χ3n) is 2.16. The van der Waals surface area contributed by atoms with Crippen LogP contribution in [0.1, 0.15) is 13.8 Å². The van der Waals surface area contributed by atoms with E-state index in [4.69, 9.17) is 16.2 Å². The first-order valence-electron chi connectivity index (χ1n) is 5.50. The maximum Gasteiger partial charge on any atom is 0.0840 e. The second-order valence-electron chi connectivity index (χ2n) is 3.43. The topological polar surface area (TPSA) is 85.3 Å². The molecule has 0 amide bonds. The second kappa shape index (κ2) is 9.21. The zero-order valence-corrected chi connectivity index (χ0v) is 10.4. The van der Waals surface area contributed by atoms with Gasteiger partial charge in [0.1, 0.15) is 0 Å². The summed E-state index contributed by atoms with van der Waals surface area (Å²) in [5, 5.41) is 6.40. The number of nitrogens with two attached hydrogens (primary N) is 2. The van der Waals surface area contributed by atoms with Crippen LogP contribution in [0.4, 0.5) is 0 Å². The van der Waals surface area contributed by atoms with Crippen LogP contribution in [0.15, 0.2) is 24.0 Å². The summed E-state index contributed by atoms with van der Waals surface area (Å²) in [7, 11) is 1.88. The third-order valence-corrected chi connectivity index (χ3v) is 2.16. The van der Waals surface area contributed by atoms with Crippen molar-refractivity contribution < 1.29 is 4.74 Å². The van der Waals surface area contributed by atoms with Gasteiger partial charge in [0.2, 0.25) is 0 Å². The van der Waals surface area contributed by atoms with Crippen molar-refractivity contribution in [2.24, 2.45) is 11.5 Å². The molecular weight excluding hydrogens is 204 g/mol. The van der Waals surface area contributed by atoms with Gasteiger partial charge in [0.15, 0.2) is 0 Å². The van der Waals surface area contributed by atoms with E-state index in [0.717, 1.165) is 5.70 Å². The predicted molar refractivity (Wildman–Crippen MR) is 67.5 cm³/mol. The first kappa shape index (κ1) is 15.0. The van der Waals surface area contributed by atoms with Crippen molar-refractivity contribution in [1.29, 1.82) is 0 Å². The Hall–Kier alpha value is -1.04. The monoisotopic (exact) mass is 228 g/mol. The van der Waals surface area contributed by atoms with Crippen molar-refractivity contribution in [2.75, 3.05) is 20.2 Å². The molecule has 0 aromatic carbocycles. The minimum atomic E-state index is 0.0776. The Kier molecular flexibility index (Phi) is 8.61. The van der Waals surface area contributed by atoms with E-state index < -0.39 is 0 Å². The first-order valence-corrected chi connectivity index (χ1v) is 5.50. The lowest BCUT2D eigenvalue weighted by Crippen LogP contribution is -2.49. The van der Waals surface area contributed by atoms with Gasteiger partial charge in [-0.25, -0.2) is 0 Å². The fourth-order valence-corrected chi connectivity index (χ4v) is 1.33. The summed E-state index contributed by atoms with van der Waals surface area (Å²) in [6.45, 7) is 5.27. The highest BCUT2D eigenvalue weighted by atomic mass is 16.5. The molecule has 0 bridgehead atoms. The molecule has 6 N–H and O–H groups in total. The van der Waals surface area contributed by atoms with Crippen LogP contribution in [0.3, 0.4) is 0 Å². The molecule has 94 valence electrons. The Labute approximate surface area is 97.9 Å². The molecule has 0 aliphatic rings. The zero-order chi connectivity index (χ0) is 12.4. The standard InChI is InChI=1S/C11H24N4O/c1-4-16-9(2)11(14-3)15-8-10(13)6-5-7-12/h5-7,9,11,14-15H,4,8,12-13H2,1-3H3/b7-5-,10-6-. The van der Waals surface area contributed by atoms with Gasteiger partial charge < -0.3 is 21.5 Å². The van der Waals surface area contributed by atoms with Gasteiger partial charge in [0, 0.05) is 18.8 Å². The summed E-state index contributed by atoms with van der Waals surface area (Å²) in [5.41, 5.74) is 11.7. The summed E-state index contributed by atoms with van der Waals surface area (Å²) in [5.74, 6) is 0. The highest BCUT2D eigenvalue weighted by molar-refractivity contribution is 5.10. The van der Waals surface area contributed by atoms with Gasteiger partial charge in [-0.3, -0.25) is 5.32 Å². The number of hydrogen-bond acceptors (Lipinski definition) is 5. The molecule has 0 aliphatic carbocycles. The van der Waals surface area contributed by atoms with Gasteiger partial charge in [-0.05, 0) is 39.2 Å². The minimum absolute atomic E-state index is 0.0776. The van der Waals surface area contributed by atoms with Gasteiger partial charge in [-0.1, -0.05) is 0 Å². The lowest BCUT2D eigenvalue weighted by Gasteiger charge is -2.24. The Balaban J connectivity index is 4.04. The van der Waals surface area contributed by atoms with Gasteiger partial charge in [0.05, 0.1) is 12.3 Å². The molecule has 0 saturated heterocycles. The van der Waals surface area contributed by atoms with Gasteiger partial charge >= 0.3 is 0 Å². The predicted octanol–water partition coefficient (Wildman–Crippen LogP) is -0.138. The normalized spacial score (nSPS) is 16.6. The molecule has 5 heteroatoms. The molecule has 2 unspecified atom stereocenters. The van der Waals surface area contributed by atoms with E-state index in [1.165, 1.54) is 6.20 Å². The summed E-state index contributed by atoms with van der Waals surface area (Å²) in [4.78, 5) is 0. The van der Waals surface area contributed by atoms with E-state index in [1.54, 1.807) is 12.2 Å². The zero-order valence-electron chi connectivity index (χ0n) is 10.4. The van der Waals surface area contributed by atoms with Crippen LogP contribution in [0, 0.1) is 0 Å².